The fraction of sp³-hybridized carbons (Fsp3) is 0.214. The standard InChI is InChI=1S/C28H28N4O3/c1-18-9-11-22(12-10-18)16-31(21(4)33)27-28(35)32(25-8-6-5-7-24(25)30-27)17-26(34)29-23-14-19(2)13-20(3)15-23/h5-15H,16-17H2,1-4H3,(H,29,34). The van der Waals surface area contributed by atoms with E-state index in [-0.39, 0.29) is 30.7 Å². The van der Waals surface area contributed by atoms with Crippen LogP contribution in [-0.2, 0) is 22.7 Å². The van der Waals surface area contributed by atoms with Crippen LogP contribution < -0.4 is 15.8 Å². The van der Waals surface area contributed by atoms with Crippen LogP contribution in [0.25, 0.3) is 11.0 Å². The van der Waals surface area contributed by atoms with Gasteiger partial charge in [-0.05, 0) is 61.7 Å². The van der Waals surface area contributed by atoms with Crippen molar-refractivity contribution in [1.29, 1.82) is 0 Å². The third-order valence-corrected chi connectivity index (χ3v) is 5.74. The topological polar surface area (TPSA) is 84.3 Å². The van der Waals surface area contributed by atoms with E-state index in [1.165, 1.54) is 16.4 Å². The van der Waals surface area contributed by atoms with E-state index in [0.29, 0.717) is 16.7 Å². The van der Waals surface area contributed by atoms with Gasteiger partial charge in [-0.15, -0.1) is 0 Å². The Bertz CT molecular complexity index is 1450. The van der Waals surface area contributed by atoms with Crippen molar-refractivity contribution in [3.05, 3.63) is 99.3 Å². The molecule has 0 aliphatic rings. The molecule has 3 aromatic carbocycles. The number of aryl methyl sites for hydroxylation is 3. The predicted octanol–water partition coefficient (Wildman–Crippen LogP) is 4.51. The molecule has 0 radical (unpaired) electrons. The van der Waals surface area contributed by atoms with Gasteiger partial charge in [-0.25, -0.2) is 4.98 Å². The van der Waals surface area contributed by atoms with Crippen molar-refractivity contribution in [3.8, 4) is 0 Å². The largest absolute Gasteiger partial charge is 0.325 e. The van der Waals surface area contributed by atoms with Gasteiger partial charge < -0.3 is 5.32 Å². The first kappa shape index (κ1) is 23.9. The minimum Gasteiger partial charge on any atom is -0.325 e. The molecule has 0 unspecified atom stereocenters. The molecule has 7 heteroatoms. The quantitative estimate of drug-likeness (QED) is 0.451. The third kappa shape index (κ3) is 5.46. The molecule has 0 saturated carbocycles. The maximum atomic E-state index is 13.6. The van der Waals surface area contributed by atoms with Crippen LogP contribution in [-0.4, -0.2) is 21.4 Å². The number of nitrogens with one attached hydrogen (secondary N) is 1. The van der Waals surface area contributed by atoms with Crippen molar-refractivity contribution >= 4 is 34.4 Å². The van der Waals surface area contributed by atoms with Gasteiger partial charge in [-0.3, -0.25) is 23.9 Å². The summed E-state index contributed by atoms with van der Waals surface area (Å²) in [5.41, 5.74) is 5.26. The van der Waals surface area contributed by atoms with Gasteiger partial charge in [0.1, 0.15) is 6.54 Å². The van der Waals surface area contributed by atoms with Crippen molar-refractivity contribution in [2.75, 3.05) is 10.2 Å². The fourth-order valence-electron chi connectivity index (χ4n) is 4.11. The molecule has 7 nitrogen and oxygen atoms in total. The number of rotatable bonds is 6. The predicted molar refractivity (Wildman–Crippen MR) is 139 cm³/mol. The van der Waals surface area contributed by atoms with E-state index in [1.807, 2.05) is 69.3 Å². The minimum atomic E-state index is -0.499. The number of para-hydroxylation sites is 2. The first-order valence-electron chi connectivity index (χ1n) is 11.4. The second-order valence-corrected chi connectivity index (χ2v) is 8.83. The molecule has 4 aromatic rings. The molecule has 0 aliphatic heterocycles. The van der Waals surface area contributed by atoms with E-state index in [4.69, 9.17) is 0 Å². The summed E-state index contributed by atoms with van der Waals surface area (Å²) in [6.45, 7) is 7.30. The molecule has 178 valence electrons. The average molecular weight is 469 g/mol. The molecule has 1 N–H and O–H groups in total. The van der Waals surface area contributed by atoms with Crippen molar-refractivity contribution in [2.24, 2.45) is 0 Å². The van der Waals surface area contributed by atoms with E-state index in [0.717, 1.165) is 22.3 Å². The minimum absolute atomic E-state index is 0.00373. The zero-order valence-electron chi connectivity index (χ0n) is 20.3. The summed E-state index contributed by atoms with van der Waals surface area (Å²) >= 11 is 0. The van der Waals surface area contributed by atoms with Crippen LogP contribution >= 0.6 is 0 Å². The lowest BCUT2D eigenvalue weighted by Gasteiger charge is -2.22. The van der Waals surface area contributed by atoms with Crippen LogP contribution in [0.4, 0.5) is 11.5 Å². The molecular formula is C28H28N4O3. The number of carbonyl (C=O) groups excluding carboxylic acids is 2. The van der Waals surface area contributed by atoms with Crippen molar-refractivity contribution in [2.45, 2.75) is 40.8 Å². The highest BCUT2D eigenvalue weighted by molar-refractivity contribution is 5.93. The van der Waals surface area contributed by atoms with Gasteiger partial charge in [-0.2, -0.15) is 0 Å². The lowest BCUT2D eigenvalue weighted by Crippen LogP contribution is -2.38. The molecule has 0 fully saturated rings. The van der Waals surface area contributed by atoms with Gasteiger partial charge in [0.25, 0.3) is 5.56 Å². The van der Waals surface area contributed by atoms with Crippen LogP contribution in [0.5, 0.6) is 0 Å². The first-order chi connectivity index (χ1) is 16.7. The summed E-state index contributed by atoms with van der Waals surface area (Å²) in [4.78, 5) is 45.0. The number of nitrogens with zero attached hydrogens (tertiary/aromatic N) is 3. The Balaban J connectivity index is 1.73. The van der Waals surface area contributed by atoms with Crippen molar-refractivity contribution in [3.63, 3.8) is 0 Å². The number of carbonyl (C=O) groups is 2. The molecule has 0 bridgehead atoms. The zero-order chi connectivity index (χ0) is 25.1. The molecule has 35 heavy (non-hydrogen) atoms. The summed E-state index contributed by atoms with van der Waals surface area (Å²) in [5, 5.41) is 2.88. The van der Waals surface area contributed by atoms with E-state index >= 15 is 0 Å². The Morgan fingerprint density at radius 1 is 0.914 bits per heavy atom. The highest BCUT2D eigenvalue weighted by atomic mass is 16.2. The van der Waals surface area contributed by atoms with Crippen LogP contribution in [0, 0.1) is 20.8 Å². The van der Waals surface area contributed by atoms with Crippen LogP contribution in [0.15, 0.2) is 71.5 Å². The number of aromatic nitrogens is 2. The van der Waals surface area contributed by atoms with E-state index < -0.39 is 5.56 Å². The molecule has 4 rings (SSSR count). The molecular weight excluding hydrogens is 440 g/mol. The molecule has 1 heterocycles. The molecule has 2 amide bonds. The van der Waals surface area contributed by atoms with Crippen LogP contribution in [0.3, 0.4) is 0 Å². The van der Waals surface area contributed by atoms with Gasteiger partial charge in [0.15, 0.2) is 0 Å². The Hall–Kier alpha value is -4.26. The lowest BCUT2D eigenvalue weighted by atomic mass is 10.1. The fourth-order valence-corrected chi connectivity index (χ4v) is 4.11. The Morgan fingerprint density at radius 3 is 2.23 bits per heavy atom. The number of hydrogen-bond acceptors (Lipinski definition) is 4. The number of hydrogen-bond donors (Lipinski definition) is 1. The van der Waals surface area contributed by atoms with E-state index in [2.05, 4.69) is 10.3 Å². The molecule has 0 atom stereocenters. The molecule has 1 aromatic heterocycles. The second-order valence-electron chi connectivity index (χ2n) is 8.83. The smallest absolute Gasteiger partial charge is 0.294 e. The van der Waals surface area contributed by atoms with Gasteiger partial charge >= 0.3 is 0 Å². The Kier molecular flexibility index (Phi) is 6.78. The maximum absolute atomic E-state index is 13.6. The van der Waals surface area contributed by atoms with E-state index in [1.54, 1.807) is 18.2 Å². The number of fused-ring (bicyclic) bond motifs is 1. The summed E-state index contributed by atoms with van der Waals surface area (Å²) in [6, 6.07) is 20.6. The summed E-state index contributed by atoms with van der Waals surface area (Å²) in [7, 11) is 0. The second kappa shape index (κ2) is 9.93. The summed E-state index contributed by atoms with van der Waals surface area (Å²) in [5.74, 6) is -0.653. The first-order valence-corrected chi connectivity index (χ1v) is 11.4. The molecule has 0 saturated heterocycles. The monoisotopic (exact) mass is 468 g/mol. The van der Waals surface area contributed by atoms with Gasteiger partial charge in [0.2, 0.25) is 17.6 Å². The summed E-state index contributed by atoms with van der Waals surface area (Å²) < 4.78 is 1.38. The van der Waals surface area contributed by atoms with Gasteiger partial charge in [-0.1, -0.05) is 48.0 Å². The normalized spacial score (nSPS) is 10.9. The average Bonchev–Trinajstić information content (AvgIpc) is 2.79. The molecule has 0 spiro atoms. The summed E-state index contributed by atoms with van der Waals surface area (Å²) in [6.07, 6.45) is 0. The van der Waals surface area contributed by atoms with Gasteiger partial charge in [0, 0.05) is 12.6 Å². The Labute approximate surface area is 204 Å². The zero-order valence-corrected chi connectivity index (χ0v) is 20.3. The lowest BCUT2D eigenvalue weighted by molar-refractivity contribution is -0.117. The Morgan fingerprint density at radius 2 is 1.57 bits per heavy atom. The highest BCUT2D eigenvalue weighted by Gasteiger charge is 2.22. The number of anilines is 2. The maximum Gasteiger partial charge on any atom is 0.294 e. The van der Waals surface area contributed by atoms with E-state index in [9.17, 15) is 14.4 Å². The number of amides is 2. The van der Waals surface area contributed by atoms with Crippen molar-refractivity contribution < 1.29 is 9.59 Å². The van der Waals surface area contributed by atoms with Gasteiger partial charge in [0.05, 0.1) is 17.6 Å². The highest BCUT2D eigenvalue weighted by Crippen LogP contribution is 2.18. The molecule has 0 aliphatic carbocycles. The third-order valence-electron chi connectivity index (χ3n) is 5.74. The van der Waals surface area contributed by atoms with Crippen LogP contribution in [0.2, 0.25) is 0 Å². The van der Waals surface area contributed by atoms with Crippen molar-refractivity contribution in [1.82, 2.24) is 9.55 Å². The van der Waals surface area contributed by atoms with Crippen LogP contribution in [0.1, 0.15) is 29.2 Å². The SMILES string of the molecule is CC(=O)N(Cc1ccc(C)cc1)c1nc2ccccc2n(CC(=O)Nc2cc(C)cc(C)c2)c1=O. The number of benzene rings is 3.